The summed E-state index contributed by atoms with van der Waals surface area (Å²) in [5, 5.41) is 0. The maximum Gasteiger partial charge on any atom is 0.344 e. The first-order valence-electron chi connectivity index (χ1n) is 2.89. The highest BCUT2D eigenvalue weighted by molar-refractivity contribution is 5.81. The highest BCUT2D eigenvalue weighted by Crippen LogP contribution is 2.16. The Bertz CT molecular complexity index is 178. The molecule has 0 radical (unpaired) electrons. The fraction of sp³-hybridized carbons (Fsp3) is 0.500. The van der Waals surface area contributed by atoms with Gasteiger partial charge in [0.05, 0.1) is 7.11 Å². The molecule has 1 aliphatic heterocycles. The zero-order valence-electron chi connectivity index (χ0n) is 5.88. The van der Waals surface area contributed by atoms with Crippen LogP contribution in [-0.4, -0.2) is 18.7 Å². The third kappa shape index (κ3) is 0.974. The Morgan fingerprint density at radius 3 is 2.90 bits per heavy atom. The highest BCUT2D eigenvalue weighted by atomic mass is 16.7. The van der Waals surface area contributed by atoms with E-state index in [-0.39, 0.29) is 0 Å². The van der Waals surface area contributed by atoms with E-state index in [0.29, 0.717) is 0 Å². The lowest BCUT2D eigenvalue weighted by Gasteiger charge is -2.15. The number of methoxy groups -OCH3 is 1. The summed E-state index contributed by atoms with van der Waals surface area (Å²) >= 11 is 0. The molecule has 1 unspecified atom stereocenters. The fourth-order valence-electron chi connectivity index (χ4n) is 0.696. The summed E-state index contributed by atoms with van der Waals surface area (Å²) in [4.78, 5) is 15.8. The molecule has 0 aliphatic carbocycles. The summed E-state index contributed by atoms with van der Waals surface area (Å²) in [7, 11) is 1.32. The van der Waals surface area contributed by atoms with Crippen LogP contribution in [0.1, 0.15) is 6.92 Å². The van der Waals surface area contributed by atoms with Crippen LogP contribution in [0.15, 0.2) is 12.3 Å². The van der Waals surface area contributed by atoms with Crippen molar-refractivity contribution >= 4 is 5.97 Å². The smallest absolute Gasteiger partial charge is 0.344 e. The van der Waals surface area contributed by atoms with Crippen LogP contribution in [0.4, 0.5) is 0 Å². The second kappa shape index (κ2) is 2.30. The van der Waals surface area contributed by atoms with Gasteiger partial charge in [-0.2, -0.15) is 0 Å². The van der Waals surface area contributed by atoms with Gasteiger partial charge in [-0.05, 0) is 13.0 Å². The number of ether oxygens (including phenoxy) is 1. The third-order valence-electron chi connectivity index (χ3n) is 1.33. The molecule has 0 aromatic carbocycles. The molecular formula is C6H9NO3. The van der Waals surface area contributed by atoms with E-state index in [0.717, 1.165) is 0 Å². The van der Waals surface area contributed by atoms with Crippen molar-refractivity contribution in [1.29, 1.82) is 0 Å². The van der Waals surface area contributed by atoms with Gasteiger partial charge in [-0.3, -0.25) is 10.3 Å². The van der Waals surface area contributed by atoms with Crippen LogP contribution >= 0.6 is 0 Å². The molecule has 0 spiro atoms. The normalized spacial score (nSPS) is 29.8. The molecular weight excluding hydrogens is 134 g/mol. The number of hydrogen-bond donors (Lipinski definition) is 1. The molecule has 0 fully saturated rings. The van der Waals surface area contributed by atoms with Crippen molar-refractivity contribution in [2.75, 3.05) is 7.11 Å². The lowest BCUT2D eigenvalue weighted by atomic mass is 10.1. The van der Waals surface area contributed by atoms with Crippen LogP contribution in [0.2, 0.25) is 0 Å². The zero-order valence-corrected chi connectivity index (χ0v) is 5.88. The molecule has 56 valence electrons. The second-order valence-electron chi connectivity index (χ2n) is 2.15. The Morgan fingerprint density at radius 2 is 2.50 bits per heavy atom. The van der Waals surface area contributed by atoms with Crippen molar-refractivity contribution in [2.24, 2.45) is 0 Å². The lowest BCUT2D eigenvalue weighted by Crippen LogP contribution is -2.36. The molecule has 1 rings (SSSR count). The van der Waals surface area contributed by atoms with Crippen molar-refractivity contribution in [3.05, 3.63) is 12.3 Å². The van der Waals surface area contributed by atoms with E-state index in [1.54, 1.807) is 19.2 Å². The van der Waals surface area contributed by atoms with Gasteiger partial charge in [0, 0.05) is 6.20 Å². The van der Waals surface area contributed by atoms with Gasteiger partial charge in [0.15, 0.2) is 0 Å². The van der Waals surface area contributed by atoms with Crippen molar-refractivity contribution < 1.29 is 14.4 Å². The first-order valence-corrected chi connectivity index (χ1v) is 2.89. The van der Waals surface area contributed by atoms with Gasteiger partial charge in [0.2, 0.25) is 5.60 Å². The molecule has 4 heteroatoms. The molecule has 0 aromatic heterocycles. The quantitative estimate of drug-likeness (QED) is 0.523. The van der Waals surface area contributed by atoms with Gasteiger partial charge >= 0.3 is 5.97 Å². The minimum absolute atomic E-state index is 0.409. The Hall–Kier alpha value is -1.03. The first-order chi connectivity index (χ1) is 4.69. The van der Waals surface area contributed by atoms with E-state index in [9.17, 15) is 4.79 Å². The Morgan fingerprint density at radius 1 is 1.80 bits per heavy atom. The first kappa shape index (κ1) is 7.08. The van der Waals surface area contributed by atoms with Crippen molar-refractivity contribution in [3.63, 3.8) is 0 Å². The predicted molar refractivity (Wildman–Crippen MR) is 33.8 cm³/mol. The van der Waals surface area contributed by atoms with E-state index in [1.165, 1.54) is 7.11 Å². The van der Waals surface area contributed by atoms with Crippen molar-refractivity contribution in [2.45, 2.75) is 12.5 Å². The average molecular weight is 143 g/mol. The number of esters is 1. The van der Waals surface area contributed by atoms with E-state index >= 15 is 0 Å². The largest absolute Gasteiger partial charge is 0.467 e. The van der Waals surface area contributed by atoms with Gasteiger partial charge < -0.3 is 4.74 Å². The Balaban J connectivity index is 2.68. The monoisotopic (exact) mass is 143 g/mol. The van der Waals surface area contributed by atoms with Crippen LogP contribution in [0.5, 0.6) is 0 Å². The van der Waals surface area contributed by atoms with Crippen molar-refractivity contribution in [1.82, 2.24) is 5.48 Å². The predicted octanol–water partition coefficient (Wildman–Crippen LogP) is -0.0334. The molecule has 0 amide bonds. The molecule has 0 aromatic rings. The van der Waals surface area contributed by atoms with Crippen LogP contribution in [0.3, 0.4) is 0 Å². The summed E-state index contributed by atoms with van der Waals surface area (Å²) in [5.41, 5.74) is 1.50. The summed E-state index contributed by atoms with van der Waals surface area (Å²) in [6.45, 7) is 1.62. The standard InChI is InChI=1S/C6H9NO3/c1-6(5(8)9-2)3-4-7-10-6/h3-4,7H,1-2H3. The molecule has 1 atom stereocenters. The van der Waals surface area contributed by atoms with Crippen LogP contribution < -0.4 is 5.48 Å². The summed E-state index contributed by atoms with van der Waals surface area (Å²) in [6.07, 6.45) is 3.15. The number of carbonyl (C=O) groups is 1. The van der Waals surface area contributed by atoms with E-state index < -0.39 is 11.6 Å². The third-order valence-corrected chi connectivity index (χ3v) is 1.33. The summed E-state index contributed by atoms with van der Waals surface area (Å²) in [6, 6.07) is 0. The van der Waals surface area contributed by atoms with Crippen molar-refractivity contribution in [3.8, 4) is 0 Å². The molecule has 1 N–H and O–H groups in total. The second-order valence-corrected chi connectivity index (χ2v) is 2.15. The van der Waals surface area contributed by atoms with Crippen LogP contribution in [0, 0.1) is 0 Å². The van der Waals surface area contributed by atoms with Gasteiger partial charge in [-0.25, -0.2) is 4.79 Å². The Labute approximate surface area is 58.8 Å². The maximum absolute atomic E-state index is 10.9. The summed E-state index contributed by atoms with van der Waals surface area (Å²) in [5.74, 6) is -0.409. The highest BCUT2D eigenvalue weighted by Gasteiger charge is 2.36. The number of hydroxylamine groups is 1. The number of rotatable bonds is 1. The summed E-state index contributed by atoms with van der Waals surface area (Å²) < 4.78 is 4.48. The average Bonchev–Trinajstić information content (AvgIpc) is 2.36. The van der Waals surface area contributed by atoms with Crippen LogP contribution in [0.25, 0.3) is 0 Å². The van der Waals surface area contributed by atoms with Crippen LogP contribution in [-0.2, 0) is 14.4 Å². The number of hydrogen-bond acceptors (Lipinski definition) is 4. The fourth-order valence-corrected chi connectivity index (χ4v) is 0.696. The van der Waals surface area contributed by atoms with E-state index in [2.05, 4.69) is 10.2 Å². The minimum atomic E-state index is -0.950. The van der Waals surface area contributed by atoms with E-state index in [4.69, 9.17) is 4.84 Å². The minimum Gasteiger partial charge on any atom is -0.467 e. The molecule has 10 heavy (non-hydrogen) atoms. The number of nitrogens with one attached hydrogen (secondary N) is 1. The lowest BCUT2D eigenvalue weighted by molar-refractivity contribution is -0.163. The molecule has 0 bridgehead atoms. The van der Waals surface area contributed by atoms with Gasteiger partial charge in [-0.1, -0.05) is 0 Å². The van der Waals surface area contributed by atoms with Gasteiger partial charge in [0.25, 0.3) is 0 Å². The topological polar surface area (TPSA) is 47.6 Å². The number of carbonyl (C=O) groups excluding carboxylic acids is 1. The van der Waals surface area contributed by atoms with E-state index in [1.807, 2.05) is 0 Å². The molecule has 1 aliphatic rings. The molecule has 1 heterocycles. The molecule has 4 nitrogen and oxygen atoms in total. The zero-order chi connectivity index (χ0) is 7.61. The molecule has 0 saturated carbocycles. The van der Waals surface area contributed by atoms with Gasteiger partial charge in [0.1, 0.15) is 0 Å². The molecule has 0 saturated heterocycles. The maximum atomic E-state index is 10.9. The van der Waals surface area contributed by atoms with Gasteiger partial charge in [-0.15, -0.1) is 0 Å². The Kier molecular flexibility index (Phi) is 1.63. The SMILES string of the molecule is COC(=O)C1(C)C=CNO1.